The van der Waals surface area contributed by atoms with E-state index in [1.807, 2.05) is 6.92 Å². The molecule has 1 rings (SSSR count). The van der Waals surface area contributed by atoms with Gasteiger partial charge in [-0.05, 0) is 6.42 Å². The molecule has 0 aromatic rings. The molecule has 2 atom stereocenters. The zero-order chi connectivity index (χ0) is 9.19. The highest BCUT2D eigenvalue weighted by atomic mass is 19.2. The Labute approximate surface area is 69.9 Å². The van der Waals surface area contributed by atoms with E-state index in [0.29, 0.717) is 6.42 Å². The maximum atomic E-state index is 12.9. The van der Waals surface area contributed by atoms with Crippen molar-refractivity contribution in [2.45, 2.75) is 38.0 Å². The van der Waals surface area contributed by atoms with Crippen LogP contribution >= 0.6 is 0 Å². The van der Waals surface area contributed by atoms with Gasteiger partial charge in [-0.25, -0.2) is 13.6 Å². The maximum absolute atomic E-state index is 12.9. The van der Waals surface area contributed by atoms with E-state index in [2.05, 4.69) is 4.74 Å². The van der Waals surface area contributed by atoms with Gasteiger partial charge in [0.05, 0.1) is 6.61 Å². The van der Waals surface area contributed by atoms with E-state index >= 15 is 0 Å². The molecular formula is C8H12F2O2. The summed E-state index contributed by atoms with van der Waals surface area (Å²) in [5.41, 5.74) is -2.31. The maximum Gasteiger partial charge on any atom is 0.347 e. The van der Waals surface area contributed by atoms with Crippen LogP contribution in [-0.4, -0.2) is 24.4 Å². The van der Waals surface area contributed by atoms with Crippen molar-refractivity contribution in [3.8, 4) is 0 Å². The fourth-order valence-electron chi connectivity index (χ4n) is 0.842. The smallest absolute Gasteiger partial charge is 0.347 e. The summed E-state index contributed by atoms with van der Waals surface area (Å²) in [6, 6.07) is 0. The number of hydrogen-bond donors (Lipinski definition) is 0. The molecule has 12 heavy (non-hydrogen) atoms. The zero-order valence-electron chi connectivity index (χ0n) is 6.98. The number of alkyl halides is 2. The topological polar surface area (TPSA) is 26.3 Å². The third-order valence-corrected chi connectivity index (χ3v) is 1.88. The molecule has 0 bridgehead atoms. The van der Waals surface area contributed by atoms with Crippen LogP contribution in [0, 0.1) is 0 Å². The molecular weight excluding hydrogens is 166 g/mol. The van der Waals surface area contributed by atoms with Crippen molar-refractivity contribution in [2.24, 2.45) is 0 Å². The molecule has 0 heterocycles. The Morgan fingerprint density at radius 3 is 2.75 bits per heavy atom. The summed E-state index contributed by atoms with van der Waals surface area (Å²) in [5.74, 6) is -1.04. The molecule has 2 nitrogen and oxygen atoms in total. The van der Waals surface area contributed by atoms with Crippen molar-refractivity contribution in [3.63, 3.8) is 0 Å². The lowest BCUT2D eigenvalue weighted by Gasteiger charge is -2.05. The van der Waals surface area contributed by atoms with E-state index in [9.17, 15) is 13.6 Å². The van der Waals surface area contributed by atoms with Crippen LogP contribution in [0.3, 0.4) is 0 Å². The van der Waals surface area contributed by atoms with Crippen LogP contribution in [0.2, 0.25) is 0 Å². The number of halogens is 2. The largest absolute Gasteiger partial charge is 0.463 e. The van der Waals surface area contributed by atoms with Gasteiger partial charge < -0.3 is 4.74 Å². The Morgan fingerprint density at radius 2 is 2.33 bits per heavy atom. The minimum absolute atomic E-state index is 0.188. The van der Waals surface area contributed by atoms with Gasteiger partial charge >= 0.3 is 5.97 Å². The minimum Gasteiger partial charge on any atom is -0.463 e. The lowest BCUT2D eigenvalue weighted by Crippen LogP contribution is -2.23. The number of esters is 1. The summed E-state index contributed by atoms with van der Waals surface area (Å²) in [5, 5.41) is 0. The van der Waals surface area contributed by atoms with E-state index in [4.69, 9.17) is 0 Å². The molecule has 2 unspecified atom stereocenters. The number of carbonyl (C=O) groups excluding carboxylic acids is 1. The van der Waals surface area contributed by atoms with Crippen molar-refractivity contribution in [2.75, 3.05) is 6.61 Å². The highest BCUT2D eigenvalue weighted by molar-refractivity contribution is 5.84. The first-order chi connectivity index (χ1) is 5.61. The van der Waals surface area contributed by atoms with Crippen molar-refractivity contribution in [1.29, 1.82) is 0 Å². The van der Waals surface area contributed by atoms with Gasteiger partial charge in [-0.1, -0.05) is 13.3 Å². The Balaban J connectivity index is 2.21. The molecule has 4 heteroatoms. The first-order valence-electron chi connectivity index (χ1n) is 4.11. The summed E-state index contributed by atoms with van der Waals surface area (Å²) in [7, 11) is 0. The van der Waals surface area contributed by atoms with Gasteiger partial charge in [0.25, 0.3) is 0 Å². The monoisotopic (exact) mass is 178 g/mol. The molecule has 1 saturated carbocycles. The minimum atomic E-state index is -2.31. The molecule has 0 aromatic carbocycles. The molecule has 0 radical (unpaired) electrons. The average molecular weight is 178 g/mol. The lowest BCUT2D eigenvalue weighted by atomic mass is 10.3. The van der Waals surface area contributed by atoms with Crippen LogP contribution in [0.4, 0.5) is 8.78 Å². The summed E-state index contributed by atoms with van der Waals surface area (Å²) >= 11 is 0. The van der Waals surface area contributed by atoms with E-state index in [1.54, 1.807) is 0 Å². The fraction of sp³-hybridized carbons (Fsp3) is 0.875. The molecule has 1 fully saturated rings. The molecule has 0 amide bonds. The van der Waals surface area contributed by atoms with E-state index < -0.39 is 17.8 Å². The Morgan fingerprint density at radius 1 is 1.75 bits per heavy atom. The number of unbranched alkanes of at least 4 members (excludes halogenated alkanes) is 1. The number of hydrogen-bond acceptors (Lipinski definition) is 2. The second kappa shape index (κ2) is 3.37. The second-order valence-corrected chi connectivity index (χ2v) is 3.02. The lowest BCUT2D eigenvalue weighted by molar-refractivity contribution is -0.152. The van der Waals surface area contributed by atoms with Gasteiger partial charge in [0.2, 0.25) is 5.67 Å². The van der Waals surface area contributed by atoms with Gasteiger partial charge in [0.15, 0.2) is 0 Å². The molecule has 0 aliphatic heterocycles. The van der Waals surface area contributed by atoms with Crippen LogP contribution in [0.1, 0.15) is 26.2 Å². The Bertz CT molecular complexity index is 184. The molecule has 1 aliphatic rings. The number of ether oxygens (including phenoxy) is 1. The quantitative estimate of drug-likeness (QED) is 0.484. The normalized spacial score (nSPS) is 33.1. The average Bonchev–Trinajstić information content (AvgIpc) is 2.62. The summed E-state index contributed by atoms with van der Waals surface area (Å²) in [6.07, 6.45) is -0.422. The second-order valence-electron chi connectivity index (χ2n) is 3.02. The molecule has 0 N–H and O–H groups in total. The highest BCUT2D eigenvalue weighted by Gasteiger charge is 2.64. The highest BCUT2D eigenvalue weighted by Crippen LogP contribution is 2.44. The van der Waals surface area contributed by atoms with E-state index in [0.717, 1.165) is 6.42 Å². The Hall–Kier alpha value is -0.670. The van der Waals surface area contributed by atoms with Crippen molar-refractivity contribution < 1.29 is 18.3 Å². The third kappa shape index (κ3) is 1.73. The van der Waals surface area contributed by atoms with Crippen molar-refractivity contribution in [1.82, 2.24) is 0 Å². The van der Waals surface area contributed by atoms with E-state index in [-0.39, 0.29) is 13.0 Å². The van der Waals surface area contributed by atoms with Gasteiger partial charge in [-0.3, -0.25) is 0 Å². The van der Waals surface area contributed by atoms with Crippen LogP contribution < -0.4 is 0 Å². The predicted molar refractivity (Wildman–Crippen MR) is 39.2 cm³/mol. The van der Waals surface area contributed by atoms with Gasteiger partial charge in [0, 0.05) is 6.42 Å². The van der Waals surface area contributed by atoms with Gasteiger partial charge in [-0.15, -0.1) is 0 Å². The number of rotatable bonds is 4. The van der Waals surface area contributed by atoms with Crippen molar-refractivity contribution >= 4 is 5.97 Å². The predicted octanol–water partition coefficient (Wildman–Crippen LogP) is 1.78. The first kappa shape index (κ1) is 9.42. The molecule has 0 aromatic heterocycles. The first-order valence-corrected chi connectivity index (χ1v) is 4.11. The molecule has 70 valence electrons. The molecule has 0 saturated heterocycles. The summed E-state index contributed by atoms with van der Waals surface area (Å²) in [6.45, 7) is 2.11. The van der Waals surface area contributed by atoms with Gasteiger partial charge in [-0.2, -0.15) is 0 Å². The van der Waals surface area contributed by atoms with Crippen LogP contribution in [-0.2, 0) is 9.53 Å². The zero-order valence-corrected chi connectivity index (χ0v) is 6.98. The SMILES string of the molecule is CCCCOC(=O)C1(F)CC1F. The van der Waals surface area contributed by atoms with Gasteiger partial charge in [0.1, 0.15) is 6.17 Å². The summed E-state index contributed by atoms with van der Waals surface area (Å²) < 4.78 is 29.6. The standard InChI is InChI=1S/C8H12F2O2/c1-2-3-4-12-7(11)8(10)5-6(8)9/h6H,2-5H2,1H3. The fourth-order valence-corrected chi connectivity index (χ4v) is 0.842. The molecule has 1 aliphatic carbocycles. The van der Waals surface area contributed by atoms with Crippen molar-refractivity contribution in [3.05, 3.63) is 0 Å². The summed E-state index contributed by atoms with van der Waals surface area (Å²) in [4.78, 5) is 10.8. The number of carbonyl (C=O) groups is 1. The van der Waals surface area contributed by atoms with E-state index in [1.165, 1.54) is 0 Å². The molecule has 0 spiro atoms. The third-order valence-electron chi connectivity index (χ3n) is 1.88. The van der Waals surface area contributed by atoms with Crippen LogP contribution in [0.5, 0.6) is 0 Å². The van der Waals surface area contributed by atoms with Crippen LogP contribution in [0.25, 0.3) is 0 Å². The van der Waals surface area contributed by atoms with Crippen LogP contribution in [0.15, 0.2) is 0 Å². The Kier molecular flexibility index (Phi) is 2.65.